The van der Waals surface area contributed by atoms with Gasteiger partial charge in [0.2, 0.25) is 5.91 Å². The van der Waals surface area contributed by atoms with Gasteiger partial charge in [-0.25, -0.2) is 0 Å². The molecule has 82 valence electrons. The summed E-state index contributed by atoms with van der Waals surface area (Å²) in [7, 11) is -1.64. The number of carboxylic acid groups (broad SMARTS) is 1. The zero-order valence-corrected chi connectivity index (χ0v) is 9.83. The molecule has 0 aromatic rings. The molecule has 0 aliphatic carbocycles. The Morgan fingerprint density at radius 1 is 1.43 bits per heavy atom. The van der Waals surface area contributed by atoms with Crippen LogP contribution in [-0.4, -0.2) is 31.3 Å². The van der Waals surface area contributed by atoms with Crippen molar-refractivity contribution in [3.05, 3.63) is 0 Å². The summed E-state index contributed by atoms with van der Waals surface area (Å²) in [5.74, 6) is -1.39. The van der Waals surface area contributed by atoms with Crippen molar-refractivity contribution in [2.24, 2.45) is 5.73 Å². The van der Waals surface area contributed by atoms with Crippen LogP contribution in [0.2, 0.25) is 19.6 Å². The Bertz CT molecular complexity index is 225. The molecule has 0 aliphatic heterocycles. The van der Waals surface area contributed by atoms with E-state index >= 15 is 0 Å². The molecule has 0 aromatic heterocycles. The second kappa shape index (κ2) is 5.11. The molecule has 14 heavy (non-hydrogen) atoms. The van der Waals surface area contributed by atoms with E-state index in [-0.39, 0.29) is 12.8 Å². The monoisotopic (exact) mass is 218 g/mol. The van der Waals surface area contributed by atoms with Crippen molar-refractivity contribution in [1.82, 2.24) is 4.98 Å². The normalized spacial score (nSPS) is 13.6. The molecule has 0 fully saturated rings. The predicted molar refractivity (Wildman–Crippen MR) is 56.3 cm³/mol. The molecule has 6 heteroatoms. The van der Waals surface area contributed by atoms with Crippen LogP contribution in [-0.2, 0) is 9.59 Å². The Labute approximate surface area is 84.8 Å². The van der Waals surface area contributed by atoms with Gasteiger partial charge in [-0.3, -0.25) is 9.59 Å². The summed E-state index contributed by atoms with van der Waals surface area (Å²) < 4.78 is 0. The van der Waals surface area contributed by atoms with E-state index in [4.69, 9.17) is 10.8 Å². The summed E-state index contributed by atoms with van der Waals surface area (Å²) in [5, 5.41) is 8.86. The lowest BCUT2D eigenvalue weighted by Gasteiger charge is -2.23. The quantitative estimate of drug-likeness (QED) is 0.552. The van der Waals surface area contributed by atoms with E-state index in [1.54, 1.807) is 0 Å². The molecule has 0 radical (unpaired) electrons. The fourth-order valence-corrected chi connectivity index (χ4v) is 2.38. The van der Waals surface area contributed by atoms with E-state index < -0.39 is 26.2 Å². The zero-order valence-electron chi connectivity index (χ0n) is 8.83. The third-order valence-electron chi connectivity index (χ3n) is 1.58. The number of aliphatic carboxylic acids is 1. The van der Waals surface area contributed by atoms with Crippen LogP contribution in [0.5, 0.6) is 0 Å². The van der Waals surface area contributed by atoms with Crippen molar-refractivity contribution < 1.29 is 14.7 Å². The van der Waals surface area contributed by atoms with Gasteiger partial charge in [0.15, 0.2) is 0 Å². The number of amides is 1. The van der Waals surface area contributed by atoms with Crippen LogP contribution in [0.4, 0.5) is 0 Å². The number of carbonyl (C=O) groups excluding carboxylic acids is 1. The van der Waals surface area contributed by atoms with Crippen molar-refractivity contribution >= 4 is 20.1 Å². The minimum Gasteiger partial charge on any atom is -0.480 e. The maximum Gasteiger partial charge on any atom is 0.320 e. The van der Waals surface area contributed by atoms with Crippen LogP contribution in [0.25, 0.3) is 0 Å². The van der Waals surface area contributed by atoms with Gasteiger partial charge in [0.25, 0.3) is 0 Å². The van der Waals surface area contributed by atoms with Gasteiger partial charge in [-0.15, -0.1) is 0 Å². The standard InChI is InChI=1S/C8H18N2O3Si/c1-14(2,3)10-6(8(12)13)4-5-7(9)11/h6,10H,4-5H2,1-3H3,(H2,9,11)(H,12,13)/t6-/m0/s1. The molecule has 0 rings (SSSR count). The first-order valence-corrected chi connectivity index (χ1v) is 8.01. The van der Waals surface area contributed by atoms with E-state index in [0.29, 0.717) is 0 Å². The van der Waals surface area contributed by atoms with Crippen LogP contribution >= 0.6 is 0 Å². The summed E-state index contributed by atoms with van der Waals surface area (Å²) in [6.07, 6.45) is 0.364. The Balaban J connectivity index is 4.17. The number of hydrogen-bond donors (Lipinski definition) is 3. The highest BCUT2D eigenvalue weighted by Crippen LogP contribution is 2.03. The second-order valence-corrected chi connectivity index (χ2v) is 9.08. The van der Waals surface area contributed by atoms with Gasteiger partial charge in [0.05, 0.1) is 0 Å². The van der Waals surface area contributed by atoms with Crippen LogP contribution in [0.3, 0.4) is 0 Å². The lowest BCUT2D eigenvalue weighted by molar-refractivity contribution is -0.139. The molecule has 0 aliphatic rings. The van der Waals surface area contributed by atoms with Crippen molar-refractivity contribution in [3.63, 3.8) is 0 Å². The average molecular weight is 218 g/mol. The van der Waals surface area contributed by atoms with Gasteiger partial charge in [-0.05, 0) is 6.42 Å². The number of carboxylic acids is 1. The molecule has 1 atom stereocenters. The highest BCUT2D eigenvalue weighted by molar-refractivity contribution is 6.73. The Kier molecular flexibility index (Phi) is 4.79. The first kappa shape index (κ1) is 13.1. The first-order chi connectivity index (χ1) is 6.22. The van der Waals surface area contributed by atoms with Gasteiger partial charge in [0, 0.05) is 6.42 Å². The van der Waals surface area contributed by atoms with Gasteiger partial charge in [-0.2, -0.15) is 0 Å². The van der Waals surface area contributed by atoms with Gasteiger partial charge < -0.3 is 15.8 Å². The average Bonchev–Trinajstić information content (AvgIpc) is 1.94. The van der Waals surface area contributed by atoms with Gasteiger partial charge >= 0.3 is 5.97 Å². The molecule has 1 amide bonds. The Morgan fingerprint density at radius 2 is 1.93 bits per heavy atom. The summed E-state index contributed by atoms with van der Waals surface area (Å²) in [6, 6.07) is -0.658. The maximum absolute atomic E-state index is 10.8. The Hall–Kier alpha value is -0.883. The summed E-state index contributed by atoms with van der Waals surface area (Å²) in [4.78, 5) is 24.3. The van der Waals surface area contributed by atoms with Crippen LogP contribution in [0.15, 0.2) is 0 Å². The van der Waals surface area contributed by atoms with Crippen LogP contribution < -0.4 is 10.7 Å². The lowest BCUT2D eigenvalue weighted by atomic mass is 10.2. The van der Waals surface area contributed by atoms with Crippen LogP contribution in [0, 0.1) is 0 Å². The molecule has 0 spiro atoms. The van der Waals surface area contributed by atoms with Crippen molar-refractivity contribution in [2.45, 2.75) is 38.5 Å². The first-order valence-electron chi connectivity index (χ1n) is 4.51. The molecule has 5 nitrogen and oxygen atoms in total. The molecule has 0 saturated heterocycles. The van der Waals surface area contributed by atoms with E-state index in [9.17, 15) is 9.59 Å². The van der Waals surface area contributed by atoms with Crippen LogP contribution in [0.1, 0.15) is 12.8 Å². The number of nitrogens with one attached hydrogen (secondary N) is 1. The number of carbonyl (C=O) groups is 2. The molecule has 0 aromatic carbocycles. The summed E-state index contributed by atoms with van der Waals surface area (Å²) in [6.45, 7) is 6.02. The highest BCUT2D eigenvalue weighted by Gasteiger charge is 2.24. The highest BCUT2D eigenvalue weighted by atomic mass is 28.3. The number of hydrogen-bond acceptors (Lipinski definition) is 3. The number of rotatable bonds is 6. The van der Waals surface area contributed by atoms with E-state index in [1.807, 2.05) is 19.6 Å². The topological polar surface area (TPSA) is 92.4 Å². The molecular formula is C8H18N2O3Si. The largest absolute Gasteiger partial charge is 0.480 e. The van der Waals surface area contributed by atoms with Crippen molar-refractivity contribution in [1.29, 1.82) is 0 Å². The van der Waals surface area contributed by atoms with E-state index in [0.717, 1.165) is 0 Å². The SMILES string of the molecule is C[Si](C)(C)N[C@@H](CCC(N)=O)C(=O)O. The molecular weight excluding hydrogens is 200 g/mol. The van der Waals surface area contributed by atoms with Crippen molar-refractivity contribution in [3.8, 4) is 0 Å². The third kappa shape index (κ3) is 6.61. The molecule has 0 saturated carbocycles. The fraction of sp³-hybridized carbons (Fsp3) is 0.750. The van der Waals surface area contributed by atoms with Gasteiger partial charge in [-0.1, -0.05) is 19.6 Å². The molecule has 0 heterocycles. The maximum atomic E-state index is 10.8. The predicted octanol–water partition coefficient (Wildman–Crippen LogP) is 0.130. The van der Waals surface area contributed by atoms with E-state index in [1.165, 1.54) is 0 Å². The number of primary amides is 1. The Morgan fingerprint density at radius 3 is 2.21 bits per heavy atom. The fourth-order valence-electron chi connectivity index (χ4n) is 1.07. The van der Waals surface area contributed by atoms with Crippen molar-refractivity contribution in [2.75, 3.05) is 0 Å². The molecule has 0 bridgehead atoms. The van der Waals surface area contributed by atoms with Gasteiger partial charge in [0.1, 0.15) is 14.3 Å². The lowest BCUT2D eigenvalue weighted by Crippen LogP contribution is -2.51. The minimum atomic E-state index is -1.64. The third-order valence-corrected chi connectivity index (χ3v) is 2.80. The molecule has 4 N–H and O–H groups in total. The molecule has 0 unspecified atom stereocenters. The second-order valence-electron chi connectivity index (χ2n) is 4.29. The minimum absolute atomic E-state index is 0.106. The van der Waals surface area contributed by atoms with E-state index in [2.05, 4.69) is 4.98 Å². The summed E-state index contributed by atoms with van der Waals surface area (Å²) in [5.41, 5.74) is 4.96. The zero-order chi connectivity index (χ0) is 11.4. The number of nitrogens with two attached hydrogens (primary N) is 1. The summed E-state index contributed by atoms with van der Waals surface area (Å²) >= 11 is 0. The smallest absolute Gasteiger partial charge is 0.320 e.